The Morgan fingerprint density at radius 2 is 2.25 bits per heavy atom. The van der Waals surface area contributed by atoms with Gasteiger partial charge in [-0.1, -0.05) is 0 Å². The van der Waals surface area contributed by atoms with E-state index in [1.165, 1.54) is 17.2 Å². The van der Waals surface area contributed by atoms with Gasteiger partial charge in [-0.3, -0.25) is 4.57 Å². The average Bonchev–Trinajstić information content (AvgIpc) is 3.01. The molecule has 1 aliphatic heterocycles. The first kappa shape index (κ1) is 13.2. The molecule has 3 N–H and O–H groups in total. The van der Waals surface area contributed by atoms with Crippen LogP contribution in [0.1, 0.15) is 6.23 Å². The van der Waals surface area contributed by atoms with Gasteiger partial charge in [-0.2, -0.15) is 0 Å². The monoisotopic (exact) mass is 283 g/mol. The van der Waals surface area contributed by atoms with E-state index in [1.807, 2.05) is 0 Å². The summed E-state index contributed by atoms with van der Waals surface area (Å²) in [6.45, 7) is -0.457. The Hall–Kier alpha value is -1.84. The van der Waals surface area contributed by atoms with Crippen LogP contribution in [0.2, 0.25) is 0 Å². The maximum atomic E-state index is 14.1. The molecule has 3 heterocycles. The minimum absolute atomic E-state index is 0.391. The van der Waals surface area contributed by atoms with E-state index >= 15 is 0 Å². The zero-order valence-electron chi connectivity index (χ0n) is 10.6. The summed E-state index contributed by atoms with van der Waals surface area (Å²) in [5, 5.41) is 21.6. The minimum atomic E-state index is -1.67. The van der Waals surface area contributed by atoms with E-state index in [1.54, 1.807) is 7.05 Å². The smallest absolute Gasteiger partial charge is 0.173 e. The first-order chi connectivity index (χ1) is 9.67. The molecule has 2 aromatic heterocycles. The molecule has 1 saturated heterocycles. The van der Waals surface area contributed by atoms with Crippen LogP contribution in [-0.2, 0) is 4.74 Å². The lowest BCUT2D eigenvalue weighted by atomic mass is 10.1. The van der Waals surface area contributed by atoms with E-state index in [2.05, 4.69) is 20.3 Å². The molecule has 20 heavy (non-hydrogen) atoms. The Bertz CT molecular complexity index is 621. The highest BCUT2D eigenvalue weighted by molar-refractivity contribution is 5.82. The molecule has 0 saturated carbocycles. The number of nitrogens with zero attached hydrogens (tertiary/aromatic N) is 4. The van der Waals surface area contributed by atoms with Crippen LogP contribution in [0.25, 0.3) is 11.2 Å². The second-order valence-electron chi connectivity index (χ2n) is 4.48. The fourth-order valence-electron chi connectivity index (χ4n) is 2.30. The Kier molecular flexibility index (Phi) is 3.24. The Labute approximate surface area is 113 Å². The third-order valence-electron chi connectivity index (χ3n) is 3.34. The van der Waals surface area contributed by atoms with Crippen molar-refractivity contribution in [2.24, 2.45) is 0 Å². The lowest BCUT2D eigenvalue weighted by Gasteiger charge is -2.14. The molecule has 3 rings (SSSR count). The number of hydrogen-bond donors (Lipinski definition) is 3. The normalized spacial score (nSPS) is 30.0. The topological polar surface area (TPSA) is 105 Å². The van der Waals surface area contributed by atoms with Gasteiger partial charge in [0.2, 0.25) is 0 Å². The van der Waals surface area contributed by atoms with E-state index in [-0.39, 0.29) is 0 Å². The molecule has 2 aromatic rings. The van der Waals surface area contributed by atoms with Crippen LogP contribution in [0, 0.1) is 0 Å². The molecule has 0 amide bonds. The molecule has 9 heteroatoms. The Morgan fingerprint density at radius 1 is 1.45 bits per heavy atom. The number of alkyl halides is 1. The predicted molar refractivity (Wildman–Crippen MR) is 66.8 cm³/mol. The summed E-state index contributed by atoms with van der Waals surface area (Å²) < 4.78 is 20.8. The standard InChI is InChI=1S/C11H14FN5O3/c1-13-9-7-10(15-3-14-9)17(4-16-7)11-6(12)8(19)5(2-18)20-11/h3-6,8,11,18-19H,2H2,1H3,(H,13,14,15)/t5-,6?,8?,11-/m1/s1. The van der Waals surface area contributed by atoms with Gasteiger partial charge in [0.25, 0.3) is 0 Å². The fourth-order valence-corrected chi connectivity index (χ4v) is 2.30. The second kappa shape index (κ2) is 4.93. The van der Waals surface area contributed by atoms with Gasteiger partial charge in [0.05, 0.1) is 12.9 Å². The first-order valence-corrected chi connectivity index (χ1v) is 6.11. The summed E-state index contributed by atoms with van der Waals surface area (Å²) in [4.78, 5) is 12.2. The molecule has 0 bridgehead atoms. The quantitative estimate of drug-likeness (QED) is 0.694. The highest BCUT2D eigenvalue weighted by Gasteiger charge is 2.45. The zero-order valence-corrected chi connectivity index (χ0v) is 10.6. The van der Waals surface area contributed by atoms with Crippen molar-refractivity contribution in [3.05, 3.63) is 12.7 Å². The van der Waals surface area contributed by atoms with Crippen molar-refractivity contribution in [3.63, 3.8) is 0 Å². The number of fused-ring (bicyclic) bond motifs is 1. The fraction of sp³-hybridized carbons (Fsp3) is 0.545. The molecule has 0 aliphatic carbocycles. The van der Waals surface area contributed by atoms with Crippen LogP contribution in [0.15, 0.2) is 12.7 Å². The molecule has 1 fully saturated rings. The minimum Gasteiger partial charge on any atom is -0.394 e. The average molecular weight is 283 g/mol. The number of aromatic nitrogens is 4. The van der Waals surface area contributed by atoms with Crippen LogP contribution < -0.4 is 5.32 Å². The molecule has 4 atom stereocenters. The van der Waals surface area contributed by atoms with Crippen molar-refractivity contribution >= 4 is 17.0 Å². The van der Waals surface area contributed by atoms with Gasteiger partial charge in [-0.05, 0) is 0 Å². The van der Waals surface area contributed by atoms with Gasteiger partial charge in [-0.15, -0.1) is 0 Å². The van der Waals surface area contributed by atoms with Gasteiger partial charge in [-0.25, -0.2) is 19.3 Å². The van der Waals surface area contributed by atoms with Crippen molar-refractivity contribution in [2.45, 2.75) is 24.6 Å². The van der Waals surface area contributed by atoms with Crippen molar-refractivity contribution in [2.75, 3.05) is 19.0 Å². The number of rotatable bonds is 3. The summed E-state index contributed by atoms with van der Waals surface area (Å²) in [5.74, 6) is 0.515. The lowest BCUT2D eigenvalue weighted by molar-refractivity contribution is -0.0459. The Morgan fingerprint density at radius 3 is 2.90 bits per heavy atom. The molecule has 0 aromatic carbocycles. The number of ether oxygens (including phenoxy) is 1. The molecule has 108 valence electrons. The highest BCUT2D eigenvalue weighted by Crippen LogP contribution is 2.33. The second-order valence-corrected chi connectivity index (χ2v) is 4.48. The van der Waals surface area contributed by atoms with Gasteiger partial charge in [0, 0.05) is 7.05 Å². The molecule has 8 nitrogen and oxygen atoms in total. The molecular formula is C11H14FN5O3. The summed E-state index contributed by atoms with van der Waals surface area (Å²) in [6, 6.07) is 0. The Balaban J connectivity index is 2.03. The van der Waals surface area contributed by atoms with Crippen molar-refractivity contribution in [3.8, 4) is 0 Å². The van der Waals surface area contributed by atoms with E-state index < -0.39 is 31.2 Å². The molecular weight excluding hydrogens is 269 g/mol. The number of aliphatic hydroxyl groups excluding tert-OH is 2. The van der Waals surface area contributed by atoms with Crippen LogP contribution in [0.3, 0.4) is 0 Å². The third kappa shape index (κ3) is 1.82. The highest BCUT2D eigenvalue weighted by atomic mass is 19.1. The number of halogens is 1. The third-order valence-corrected chi connectivity index (χ3v) is 3.34. The van der Waals surface area contributed by atoms with E-state index in [4.69, 9.17) is 9.84 Å². The van der Waals surface area contributed by atoms with Gasteiger partial charge < -0.3 is 20.3 Å². The summed E-state index contributed by atoms with van der Waals surface area (Å²) in [6.07, 6.45) is -2.38. The summed E-state index contributed by atoms with van der Waals surface area (Å²) in [5.41, 5.74) is 0.871. The van der Waals surface area contributed by atoms with Crippen molar-refractivity contribution < 1.29 is 19.3 Å². The number of aliphatic hydroxyl groups is 2. The molecule has 0 spiro atoms. The van der Waals surface area contributed by atoms with E-state index in [9.17, 15) is 9.50 Å². The largest absolute Gasteiger partial charge is 0.394 e. The van der Waals surface area contributed by atoms with Crippen LogP contribution in [0.4, 0.5) is 10.2 Å². The van der Waals surface area contributed by atoms with E-state index in [0.29, 0.717) is 17.0 Å². The van der Waals surface area contributed by atoms with Gasteiger partial charge >= 0.3 is 0 Å². The number of hydrogen-bond acceptors (Lipinski definition) is 7. The summed E-state index contributed by atoms with van der Waals surface area (Å²) in [7, 11) is 1.69. The van der Waals surface area contributed by atoms with Crippen molar-refractivity contribution in [1.29, 1.82) is 0 Å². The van der Waals surface area contributed by atoms with Gasteiger partial charge in [0.15, 0.2) is 23.9 Å². The van der Waals surface area contributed by atoms with Crippen molar-refractivity contribution in [1.82, 2.24) is 19.5 Å². The van der Waals surface area contributed by atoms with Crippen LogP contribution >= 0.6 is 0 Å². The number of anilines is 1. The first-order valence-electron chi connectivity index (χ1n) is 6.11. The predicted octanol–water partition coefficient (Wildman–Crippen LogP) is -0.543. The lowest BCUT2D eigenvalue weighted by Crippen LogP contribution is -2.30. The number of imidazole rings is 1. The number of nitrogens with one attached hydrogen (secondary N) is 1. The SMILES string of the molecule is CNc1ncnc2c1ncn2[C@@H]1O[C@H](CO)C(O)C1F. The molecule has 2 unspecified atom stereocenters. The molecule has 0 radical (unpaired) electrons. The molecule has 1 aliphatic rings. The zero-order chi connectivity index (χ0) is 14.3. The summed E-state index contributed by atoms with van der Waals surface area (Å²) >= 11 is 0. The van der Waals surface area contributed by atoms with Crippen LogP contribution in [0.5, 0.6) is 0 Å². The maximum absolute atomic E-state index is 14.1. The van der Waals surface area contributed by atoms with Crippen LogP contribution in [-0.4, -0.2) is 61.8 Å². The maximum Gasteiger partial charge on any atom is 0.173 e. The van der Waals surface area contributed by atoms with E-state index in [0.717, 1.165) is 0 Å². The van der Waals surface area contributed by atoms with Gasteiger partial charge in [0.1, 0.15) is 24.1 Å².